The van der Waals surface area contributed by atoms with Crippen molar-refractivity contribution in [3.05, 3.63) is 12.3 Å². The van der Waals surface area contributed by atoms with Crippen molar-refractivity contribution in [3.8, 4) is 0 Å². The van der Waals surface area contributed by atoms with Crippen molar-refractivity contribution in [2.24, 2.45) is 123 Å². The third-order valence-corrected chi connectivity index (χ3v) is 32.3. The van der Waals surface area contributed by atoms with Gasteiger partial charge in [0.05, 0.1) is 42.5 Å². The first-order valence-corrected chi connectivity index (χ1v) is 39.9. The molecule has 0 bridgehead atoms. The monoisotopic (exact) mass is 1300 g/mol. The number of ketones is 3. The minimum Gasteiger partial charge on any atom is -0.393 e. The van der Waals surface area contributed by atoms with Crippen molar-refractivity contribution >= 4 is 23.3 Å². The number of amides is 1. The van der Waals surface area contributed by atoms with E-state index in [9.17, 15) is 39.6 Å². The molecule has 12 aliphatic carbocycles. The van der Waals surface area contributed by atoms with E-state index in [1.807, 2.05) is 18.7 Å². The van der Waals surface area contributed by atoms with Crippen LogP contribution in [-0.4, -0.2) is 176 Å². The average Bonchev–Trinajstić information content (AvgIpc) is 1.71. The van der Waals surface area contributed by atoms with Crippen LogP contribution in [-0.2, 0) is 19.2 Å². The number of nitrogens with zero attached hydrogens (tertiary/aromatic N) is 5. The molecule has 13 nitrogen and oxygen atoms in total. The highest BCUT2D eigenvalue weighted by Gasteiger charge is 2.62. The van der Waals surface area contributed by atoms with Crippen LogP contribution in [0.25, 0.3) is 0 Å². The number of hydrogen-bond acceptors (Lipinski definition) is 12. The molecule has 13 heteroatoms. The van der Waals surface area contributed by atoms with Gasteiger partial charge in [0.2, 0.25) is 5.91 Å². The van der Waals surface area contributed by atoms with Gasteiger partial charge in [-0.15, -0.1) is 0 Å². The molecule has 15 aliphatic rings. The van der Waals surface area contributed by atoms with Crippen LogP contribution in [0.4, 0.5) is 0 Å². The molecular formula is C81H133N5O8. The van der Waals surface area contributed by atoms with Crippen LogP contribution in [0.1, 0.15) is 242 Å². The summed E-state index contributed by atoms with van der Waals surface area (Å²) in [6, 6.07) is 0. The topological polar surface area (TPSA) is 165 Å². The third kappa shape index (κ3) is 14.0. The highest BCUT2D eigenvalue weighted by Crippen LogP contribution is 2.68. The number of fused-ring (bicyclic) bond motifs is 15. The van der Waals surface area contributed by atoms with Crippen LogP contribution in [0.15, 0.2) is 12.3 Å². The minimum atomic E-state index is -0.446. The molecule has 12 saturated carbocycles. The molecule has 4 N–H and O–H groups in total. The Morgan fingerprint density at radius 2 is 0.649 bits per heavy atom. The predicted octanol–water partition coefficient (Wildman–Crippen LogP) is 12.5. The molecule has 0 unspecified atom stereocenters. The average molecular weight is 1300 g/mol. The van der Waals surface area contributed by atoms with Gasteiger partial charge in [-0.2, -0.15) is 0 Å². The summed E-state index contributed by atoms with van der Waals surface area (Å²) >= 11 is 0. The smallest absolute Gasteiger partial charge is 0.219 e. The van der Waals surface area contributed by atoms with Gasteiger partial charge in [0.15, 0.2) is 0 Å². The van der Waals surface area contributed by atoms with Crippen LogP contribution in [0.5, 0.6) is 0 Å². The van der Waals surface area contributed by atoms with E-state index >= 15 is 0 Å². The molecule has 1 amide bonds. The lowest BCUT2D eigenvalue weighted by Gasteiger charge is -2.57. The van der Waals surface area contributed by atoms with Crippen molar-refractivity contribution in [1.29, 1.82) is 0 Å². The Morgan fingerprint density at radius 3 is 0.957 bits per heavy atom. The van der Waals surface area contributed by atoms with E-state index in [1.54, 1.807) is 6.92 Å². The predicted molar refractivity (Wildman–Crippen MR) is 372 cm³/mol. The van der Waals surface area contributed by atoms with E-state index in [-0.39, 0.29) is 46.0 Å². The molecule has 0 aromatic heterocycles. The van der Waals surface area contributed by atoms with E-state index in [0.717, 1.165) is 225 Å². The lowest BCUT2D eigenvalue weighted by Crippen LogP contribution is -2.52. The molecule has 3 saturated heterocycles. The van der Waals surface area contributed by atoms with Gasteiger partial charge in [-0.1, -0.05) is 27.4 Å². The number of carbonyl (C=O) groups is 4. The van der Waals surface area contributed by atoms with Gasteiger partial charge in [-0.05, 0) is 319 Å². The van der Waals surface area contributed by atoms with Crippen LogP contribution >= 0.6 is 0 Å². The maximum atomic E-state index is 13.5. The summed E-state index contributed by atoms with van der Waals surface area (Å²) in [5, 5.41) is 41.6. The fraction of sp³-hybridized carbons (Fsp3) is 0.926. The molecule has 3 aliphatic heterocycles. The molecule has 0 spiro atoms. The molecule has 15 fully saturated rings. The van der Waals surface area contributed by atoms with Gasteiger partial charge in [0.1, 0.15) is 17.3 Å². The molecule has 530 valence electrons. The van der Waals surface area contributed by atoms with Gasteiger partial charge < -0.3 is 30.2 Å². The van der Waals surface area contributed by atoms with E-state index in [1.165, 1.54) is 116 Å². The van der Waals surface area contributed by atoms with Crippen molar-refractivity contribution in [2.75, 3.05) is 85.1 Å². The fourth-order valence-corrected chi connectivity index (χ4v) is 27.4. The maximum absolute atomic E-state index is 13.5. The Kier molecular flexibility index (Phi) is 20.6. The number of aliphatic hydroxyl groups is 4. The maximum Gasteiger partial charge on any atom is 0.219 e. The highest BCUT2D eigenvalue weighted by molar-refractivity contribution is 5.85. The summed E-state index contributed by atoms with van der Waals surface area (Å²) < 4.78 is 0. The Labute approximate surface area is 569 Å². The number of aliphatic hydroxyl groups excluding tert-OH is 1. The van der Waals surface area contributed by atoms with Crippen LogP contribution in [0.2, 0.25) is 0 Å². The molecule has 0 radical (unpaired) electrons. The number of piperazine rings is 2. The van der Waals surface area contributed by atoms with E-state index < -0.39 is 16.8 Å². The zero-order valence-corrected chi connectivity index (χ0v) is 60.5. The molecule has 3 heterocycles. The van der Waals surface area contributed by atoms with Crippen LogP contribution in [0, 0.1) is 123 Å². The van der Waals surface area contributed by atoms with E-state index in [4.69, 9.17) is 0 Å². The first kappa shape index (κ1) is 70.2. The standard InChI is InChI=1S/C28H46N2O2.C27H44N2O3.C26H43NO3/c1-19(2)30-15-13-29(14-16-30)18-26(31)25-8-7-24-23-6-5-20-17-27(3,32)11-9-21(20)22(23)10-12-28(24,25)4;1-18(30)29-14-12-28(13-15-29)17-25(31)24-7-6-23-22-5-4-19-16-26(2,32)10-8-20(19)21(22)9-11-27(23,24)3;1-25(30)11-7-19-17(15-25)3-4-21-20(19)8-12-26(2)22(21)5-6-23(26)24(29)16-27-13-9-18(28)10-14-27/h20-25,32H,1,5-18H2,2-4H3;19-24,32H,4-17H2,1-3H3;17-23,28,30H,3-16H2,1-2H3/t20-,21-,22+,23+,24-,25+,27+,28-;19-,20+,21-,22-,23+,24-,26-,27+;17-,19-,20+,21+,22-,23+,25+,26-/m010/s1. The van der Waals surface area contributed by atoms with Crippen molar-refractivity contribution < 1.29 is 39.6 Å². The quantitative estimate of drug-likeness (QED) is 0.164. The summed E-state index contributed by atoms with van der Waals surface area (Å²) in [4.78, 5) is 63.2. The van der Waals surface area contributed by atoms with Crippen molar-refractivity contribution in [2.45, 2.75) is 265 Å². The van der Waals surface area contributed by atoms with E-state index in [0.29, 0.717) is 42.9 Å². The lowest BCUT2D eigenvalue weighted by molar-refractivity contribution is -0.135. The summed E-state index contributed by atoms with van der Waals surface area (Å²) in [6.07, 6.45) is 33.6. The SMILES string of the molecule is C=C(C)N1CCN(CC(=O)[C@H]2CC[C@H]3[C@@H]4CC[C@H]5C[C@](C)(O)CC[C@@H]5[C@H]4CC[C@]23C)CC1.CC(=O)N1CCN(CC(=O)[C@H]2CC[C@H]3[C@@H]4CC[C@@H]5C[C@](C)(O)CC[C@@H]5[C@H]4CC[C@]23C)CC1.C[C@@]1(O)CC[C@H]2[C@@H](CC[C@@H]3[C@@H]2CC[C@]2(C)[C@@H](C(=O)CN4CCC(O)CC4)CC[C@@H]32)C1. The largest absolute Gasteiger partial charge is 0.393 e. The van der Waals surface area contributed by atoms with Gasteiger partial charge in [0.25, 0.3) is 0 Å². The summed E-state index contributed by atoms with van der Waals surface area (Å²) in [5.41, 5.74) is 0.454. The number of rotatable bonds is 10. The molecule has 24 atom stereocenters. The second kappa shape index (κ2) is 27.6. The summed E-state index contributed by atoms with van der Waals surface area (Å²) in [7, 11) is 0. The second-order valence-electron chi connectivity index (χ2n) is 37.7. The normalized spacial score (nSPS) is 47.8. The summed E-state index contributed by atoms with van der Waals surface area (Å²) in [5.74, 6) is 14.2. The lowest BCUT2D eigenvalue weighted by atomic mass is 9.49. The minimum absolute atomic E-state index is 0.148. The Balaban J connectivity index is 0.000000128. The third-order valence-electron chi connectivity index (χ3n) is 32.3. The van der Waals surface area contributed by atoms with Gasteiger partial charge in [-0.25, -0.2) is 0 Å². The molecule has 94 heavy (non-hydrogen) atoms. The highest BCUT2D eigenvalue weighted by atomic mass is 16.3. The zero-order chi connectivity index (χ0) is 66.4. The molecule has 15 rings (SSSR count). The Morgan fingerprint density at radius 1 is 0.351 bits per heavy atom. The van der Waals surface area contributed by atoms with E-state index in [2.05, 4.69) is 60.8 Å². The number of likely N-dealkylation sites (tertiary alicyclic amines) is 1. The number of hydrogen-bond donors (Lipinski definition) is 4. The van der Waals surface area contributed by atoms with Gasteiger partial charge >= 0.3 is 0 Å². The van der Waals surface area contributed by atoms with Crippen LogP contribution < -0.4 is 0 Å². The number of allylic oxidation sites excluding steroid dienone is 1. The molecule has 0 aromatic rings. The number of carbonyl (C=O) groups excluding carboxylic acids is 4. The first-order valence-electron chi connectivity index (χ1n) is 39.9. The Bertz CT molecular complexity index is 2580. The zero-order valence-electron chi connectivity index (χ0n) is 60.5. The van der Waals surface area contributed by atoms with Gasteiger partial charge in [-0.3, -0.25) is 33.9 Å². The van der Waals surface area contributed by atoms with Gasteiger partial charge in [0, 0.05) is 95.8 Å². The number of Topliss-reactive ketones (excluding diaryl/α,β-unsaturated/α-hetero) is 3. The number of piperidine rings is 1. The van der Waals surface area contributed by atoms with Crippen molar-refractivity contribution in [1.82, 2.24) is 24.5 Å². The first-order chi connectivity index (χ1) is 44.6. The van der Waals surface area contributed by atoms with Crippen molar-refractivity contribution in [3.63, 3.8) is 0 Å². The molecule has 0 aromatic carbocycles. The van der Waals surface area contributed by atoms with Crippen LogP contribution in [0.3, 0.4) is 0 Å². The Hall–Kier alpha value is -2.26. The molecular weight excluding hydrogens is 1170 g/mol. The summed E-state index contributed by atoms with van der Waals surface area (Å²) in [6.45, 7) is 32.1. The second-order valence-corrected chi connectivity index (χ2v) is 37.7. The fourth-order valence-electron chi connectivity index (χ4n) is 27.4.